The Morgan fingerprint density at radius 2 is 2.21 bits per heavy atom. The number of halogens is 1. The van der Waals surface area contributed by atoms with Crippen LogP contribution in [0.4, 0.5) is 0 Å². The lowest BCUT2D eigenvalue weighted by molar-refractivity contribution is 0.171. The molecule has 0 saturated carbocycles. The molecule has 0 aliphatic carbocycles. The van der Waals surface area contributed by atoms with E-state index in [-0.39, 0.29) is 0 Å². The number of imidazole rings is 1. The molecule has 0 spiro atoms. The summed E-state index contributed by atoms with van der Waals surface area (Å²) in [5.74, 6) is 3.09. The fraction of sp³-hybridized carbons (Fsp3) is 0.500. The minimum absolute atomic E-state index is 0.472. The zero-order valence-corrected chi connectivity index (χ0v) is 14.6. The van der Waals surface area contributed by atoms with Crippen LogP contribution in [0, 0.1) is 6.92 Å². The van der Waals surface area contributed by atoms with Gasteiger partial charge in [-0.15, -0.1) is 0 Å². The minimum atomic E-state index is 0.472. The molecular formula is C18H22ClN3O2. The van der Waals surface area contributed by atoms with Crippen molar-refractivity contribution < 1.29 is 9.47 Å². The van der Waals surface area contributed by atoms with E-state index in [0.29, 0.717) is 29.9 Å². The summed E-state index contributed by atoms with van der Waals surface area (Å²) in [5.41, 5.74) is 2.22. The number of hydrogen-bond donors (Lipinski definition) is 1. The fourth-order valence-corrected chi connectivity index (χ4v) is 3.85. The summed E-state index contributed by atoms with van der Waals surface area (Å²) in [4.78, 5) is 4.70. The molecule has 2 aliphatic heterocycles. The van der Waals surface area contributed by atoms with Gasteiger partial charge in [0, 0.05) is 31.7 Å². The van der Waals surface area contributed by atoms with Gasteiger partial charge in [-0.1, -0.05) is 11.6 Å². The normalized spacial score (nSPS) is 19.2. The summed E-state index contributed by atoms with van der Waals surface area (Å²) >= 11 is 6.30. The number of hydrogen-bond acceptors (Lipinski definition) is 4. The Kier molecular flexibility index (Phi) is 4.37. The highest BCUT2D eigenvalue weighted by Crippen LogP contribution is 2.38. The SMILES string of the molecule is Cc1cn2c(n1)[C@H](CNCc1cc(Cl)c3c(c1)OCCO3)CCC2. The summed E-state index contributed by atoms with van der Waals surface area (Å²) in [6, 6.07) is 3.97. The molecule has 4 rings (SSSR count). The van der Waals surface area contributed by atoms with Crippen LogP contribution < -0.4 is 14.8 Å². The molecule has 1 aromatic carbocycles. The summed E-state index contributed by atoms with van der Waals surface area (Å²) in [6.07, 6.45) is 4.55. The molecule has 5 nitrogen and oxygen atoms in total. The van der Waals surface area contributed by atoms with Gasteiger partial charge in [-0.3, -0.25) is 0 Å². The van der Waals surface area contributed by atoms with Crippen molar-refractivity contribution in [3.05, 3.63) is 40.4 Å². The molecule has 0 amide bonds. The van der Waals surface area contributed by atoms with Crippen molar-refractivity contribution >= 4 is 11.6 Å². The molecule has 0 unspecified atom stereocenters. The summed E-state index contributed by atoms with van der Waals surface area (Å²) in [7, 11) is 0. The van der Waals surface area contributed by atoms with Crippen molar-refractivity contribution in [3.8, 4) is 11.5 Å². The van der Waals surface area contributed by atoms with Crippen molar-refractivity contribution in [2.24, 2.45) is 0 Å². The number of fused-ring (bicyclic) bond motifs is 2. The number of aryl methyl sites for hydroxylation is 2. The van der Waals surface area contributed by atoms with Crippen molar-refractivity contribution in [3.63, 3.8) is 0 Å². The Balaban J connectivity index is 1.41. The standard InChI is InChI=1S/C18H22ClN3O2/c1-12-11-22-4-2-3-14(18(22)21-12)10-20-9-13-7-15(19)17-16(8-13)23-5-6-24-17/h7-8,11,14,20H,2-6,9-10H2,1H3/t14-/m0/s1. The Morgan fingerprint density at radius 1 is 1.33 bits per heavy atom. The number of aromatic nitrogens is 2. The predicted octanol–water partition coefficient (Wildman–Crippen LogP) is 3.28. The van der Waals surface area contributed by atoms with Gasteiger partial charge < -0.3 is 19.4 Å². The van der Waals surface area contributed by atoms with E-state index in [1.807, 2.05) is 12.1 Å². The Bertz CT molecular complexity index is 744. The van der Waals surface area contributed by atoms with Crippen molar-refractivity contribution in [1.29, 1.82) is 0 Å². The van der Waals surface area contributed by atoms with Gasteiger partial charge in [0.05, 0.1) is 10.7 Å². The summed E-state index contributed by atoms with van der Waals surface area (Å²) < 4.78 is 13.5. The van der Waals surface area contributed by atoms with Crippen LogP contribution in [0.2, 0.25) is 5.02 Å². The lowest BCUT2D eigenvalue weighted by Crippen LogP contribution is -2.26. The molecule has 2 aliphatic rings. The molecule has 6 heteroatoms. The van der Waals surface area contributed by atoms with Gasteiger partial charge in [0.2, 0.25) is 0 Å². The Hall–Kier alpha value is -1.72. The summed E-state index contributed by atoms with van der Waals surface area (Å²) in [5, 5.41) is 4.17. The number of benzene rings is 1. The van der Waals surface area contributed by atoms with E-state index in [9.17, 15) is 0 Å². The van der Waals surface area contributed by atoms with E-state index < -0.39 is 0 Å². The van der Waals surface area contributed by atoms with Crippen LogP contribution >= 0.6 is 11.6 Å². The molecule has 1 N–H and O–H groups in total. The highest BCUT2D eigenvalue weighted by atomic mass is 35.5. The predicted molar refractivity (Wildman–Crippen MR) is 93.1 cm³/mol. The molecule has 0 fully saturated rings. The van der Waals surface area contributed by atoms with E-state index >= 15 is 0 Å². The van der Waals surface area contributed by atoms with Gasteiger partial charge in [0.1, 0.15) is 19.0 Å². The van der Waals surface area contributed by atoms with Crippen molar-refractivity contribution in [2.75, 3.05) is 19.8 Å². The van der Waals surface area contributed by atoms with Gasteiger partial charge in [-0.2, -0.15) is 0 Å². The molecule has 2 aromatic rings. The maximum Gasteiger partial charge on any atom is 0.179 e. The highest BCUT2D eigenvalue weighted by molar-refractivity contribution is 6.32. The van der Waals surface area contributed by atoms with Crippen LogP contribution in [0.1, 0.15) is 35.8 Å². The average Bonchev–Trinajstić information content (AvgIpc) is 2.96. The second-order valence-electron chi connectivity index (χ2n) is 6.51. The molecule has 0 bridgehead atoms. The van der Waals surface area contributed by atoms with Crippen molar-refractivity contribution in [1.82, 2.24) is 14.9 Å². The Labute approximate surface area is 146 Å². The topological polar surface area (TPSA) is 48.3 Å². The van der Waals surface area contributed by atoms with Crippen LogP contribution in [0.3, 0.4) is 0 Å². The monoisotopic (exact) mass is 347 g/mol. The first-order chi connectivity index (χ1) is 11.7. The molecule has 128 valence electrons. The van der Waals surface area contributed by atoms with E-state index in [1.54, 1.807) is 0 Å². The molecule has 3 heterocycles. The Morgan fingerprint density at radius 3 is 3.12 bits per heavy atom. The number of nitrogens with zero attached hydrogens (tertiary/aromatic N) is 2. The van der Waals surface area contributed by atoms with Crippen LogP contribution in [0.25, 0.3) is 0 Å². The summed E-state index contributed by atoms with van der Waals surface area (Å²) in [6.45, 7) is 5.95. The van der Waals surface area contributed by atoms with Gasteiger partial charge in [-0.25, -0.2) is 4.98 Å². The zero-order valence-electron chi connectivity index (χ0n) is 13.8. The van der Waals surface area contributed by atoms with Gasteiger partial charge in [-0.05, 0) is 37.5 Å². The smallest absolute Gasteiger partial charge is 0.179 e. The first-order valence-electron chi connectivity index (χ1n) is 8.53. The molecule has 24 heavy (non-hydrogen) atoms. The lowest BCUT2D eigenvalue weighted by atomic mass is 9.99. The van der Waals surface area contributed by atoms with Crippen molar-refractivity contribution in [2.45, 2.75) is 38.8 Å². The quantitative estimate of drug-likeness (QED) is 0.922. The first-order valence-corrected chi connectivity index (χ1v) is 8.91. The molecule has 1 aromatic heterocycles. The zero-order chi connectivity index (χ0) is 16.5. The fourth-order valence-electron chi connectivity index (χ4n) is 3.56. The maximum absolute atomic E-state index is 6.30. The highest BCUT2D eigenvalue weighted by Gasteiger charge is 2.22. The minimum Gasteiger partial charge on any atom is -0.486 e. The molecular weight excluding hydrogens is 326 g/mol. The third kappa shape index (κ3) is 3.10. The van der Waals surface area contributed by atoms with Gasteiger partial charge in [0.25, 0.3) is 0 Å². The van der Waals surface area contributed by atoms with E-state index in [4.69, 9.17) is 26.1 Å². The number of rotatable bonds is 4. The van der Waals surface area contributed by atoms with Gasteiger partial charge >= 0.3 is 0 Å². The molecule has 1 atom stereocenters. The second kappa shape index (κ2) is 6.65. The lowest BCUT2D eigenvalue weighted by Gasteiger charge is -2.24. The number of nitrogens with one attached hydrogen (secondary N) is 1. The molecule has 0 radical (unpaired) electrons. The molecule has 0 saturated heterocycles. The van der Waals surface area contributed by atoms with Crippen LogP contribution in [0.5, 0.6) is 11.5 Å². The third-order valence-electron chi connectivity index (χ3n) is 4.62. The maximum atomic E-state index is 6.30. The first kappa shape index (κ1) is 15.8. The third-order valence-corrected chi connectivity index (χ3v) is 4.90. The largest absolute Gasteiger partial charge is 0.486 e. The number of ether oxygens (including phenoxy) is 2. The van der Waals surface area contributed by atoms with E-state index in [2.05, 4.69) is 23.0 Å². The van der Waals surface area contributed by atoms with E-state index in [0.717, 1.165) is 36.6 Å². The second-order valence-corrected chi connectivity index (χ2v) is 6.91. The van der Waals surface area contributed by atoms with E-state index in [1.165, 1.54) is 18.7 Å². The van der Waals surface area contributed by atoms with Crippen LogP contribution in [-0.4, -0.2) is 29.3 Å². The average molecular weight is 348 g/mol. The van der Waals surface area contributed by atoms with Gasteiger partial charge in [0.15, 0.2) is 11.5 Å². The van der Waals surface area contributed by atoms with Crippen LogP contribution in [-0.2, 0) is 13.1 Å². The van der Waals surface area contributed by atoms with Crippen LogP contribution in [0.15, 0.2) is 18.3 Å².